The van der Waals surface area contributed by atoms with Crippen LogP contribution in [0, 0.1) is 5.92 Å². The summed E-state index contributed by atoms with van der Waals surface area (Å²) in [5.74, 6) is -0.127. The predicted molar refractivity (Wildman–Crippen MR) is 70.0 cm³/mol. The number of carbonyl (C=O) groups is 1. The Morgan fingerprint density at radius 3 is 3.11 bits per heavy atom. The Morgan fingerprint density at radius 1 is 1.63 bits per heavy atom. The fourth-order valence-electron chi connectivity index (χ4n) is 1.89. The largest absolute Gasteiger partial charge is 0.478 e. The van der Waals surface area contributed by atoms with Crippen molar-refractivity contribution < 1.29 is 14.6 Å². The number of nitrogens with zero attached hydrogens (tertiary/aromatic N) is 2. The number of hydrogen-bond acceptors (Lipinski definition) is 4. The fourth-order valence-corrected chi connectivity index (χ4v) is 1.89. The molecule has 106 valence electrons. The summed E-state index contributed by atoms with van der Waals surface area (Å²) >= 11 is 0. The minimum Gasteiger partial charge on any atom is -0.478 e. The number of nitrogens with one attached hydrogen (secondary N) is 1. The molecule has 0 saturated heterocycles. The van der Waals surface area contributed by atoms with Crippen molar-refractivity contribution in [2.24, 2.45) is 13.0 Å². The van der Waals surface area contributed by atoms with E-state index in [0.29, 0.717) is 12.2 Å². The second-order valence-electron chi connectivity index (χ2n) is 4.98. The molecular weight excluding hydrogens is 246 g/mol. The Labute approximate surface area is 112 Å². The zero-order valence-electron chi connectivity index (χ0n) is 11.3. The van der Waals surface area contributed by atoms with Crippen molar-refractivity contribution in [2.75, 3.05) is 19.8 Å². The van der Waals surface area contributed by atoms with Crippen LogP contribution in [0.1, 0.15) is 35.3 Å². The van der Waals surface area contributed by atoms with E-state index in [-0.39, 0.29) is 5.56 Å². The highest BCUT2D eigenvalue weighted by atomic mass is 16.5. The first-order valence-corrected chi connectivity index (χ1v) is 6.71. The zero-order valence-corrected chi connectivity index (χ0v) is 11.3. The van der Waals surface area contributed by atoms with E-state index >= 15 is 0 Å². The molecule has 0 aliphatic heterocycles. The summed E-state index contributed by atoms with van der Waals surface area (Å²) in [7, 11) is 1.75. The van der Waals surface area contributed by atoms with Crippen LogP contribution in [-0.2, 0) is 18.3 Å². The van der Waals surface area contributed by atoms with Gasteiger partial charge in [0.25, 0.3) is 0 Å². The summed E-state index contributed by atoms with van der Waals surface area (Å²) in [5, 5.41) is 16.2. The molecule has 0 spiro atoms. The molecule has 2 N–H and O–H groups in total. The molecule has 1 aromatic rings. The number of aryl methyl sites for hydroxylation is 1. The molecule has 1 saturated carbocycles. The Balaban J connectivity index is 1.61. The number of hydrogen-bond donors (Lipinski definition) is 2. The van der Waals surface area contributed by atoms with E-state index in [2.05, 4.69) is 10.4 Å². The molecule has 0 bridgehead atoms. The van der Waals surface area contributed by atoms with Crippen LogP contribution >= 0.6 is 0 Å². The lowest BCUT2D eigenvalue weighted by atomic mass is 10.2. The maximum atomic E-state index is 11.0. The first-order valence-electron chi connectivity index (χ1n) is 6.71. The molecule has 0 radical (unpaired) electrons. The minimum absolute atomic E-state index is 0.264. The standard InChI is InChI=1S/C13H21N3O3/c1-16-12(11(7-15-16)13(17)18)8-14-5-2-6-19-9-10-3-4-10/h7,10,14H,2-6,8-9H2,1H3,(H,17,18). The molecule has 1 fully saturated rings. The summed E-state index contributed by atoms with van der Waals surface area (Å²) in [4.78, 5) is 11.0. The number of aromatic nitrogens is 2. The Bertz CT molecular complexity index is 427. The van der Waals surface area contributed by atoms with Gasteiger partial charge in [-0.1, -0.05) is 0 Å². The average Bonchev–Trinajstić information content (AvgIpc) is 3.12. The average molecular weight is 267 g/mol. The van der Waals surface area contributed by atoms with Crippen LogP contribution in [0.15, 0.2) is 6.20 Å². The summed E-state index contributed by atoms with van der Waals surface area (Å²) in [5.41, 5.74) is 0.964. The van der Waals surface area contributed by atoms with Gasteiger partial charge in [-0.15, -0.1) is 0 Å². The van der Waals surface area contributed by atoms with Crippen molar-refractivity contribution in [1.82, 2.24) is 15.1 Å². The number of carboxylic acids is 1. The molecule has 6 heteroatoms. The van der Waals surface area contributed by atoms with Gasteiger partial charge in [0.1, 0.15) is 5.56 Å². The third kappa shape index (κ3) is 4.33. The van der Waals surface area contributed by atoms with E-state index in [1.165, 1.54) is 19.0 Å². The Hall–Kier alpha value is -1.40. The lowest BCUT2D eigenvalue weighted by Gasteiger charge is -2.07. The van der Waals surface area contributed by atoms with Crippen LogP contribution in [0.3, 0.4) is 0 Å². The highest BCUT2D eigenvalue weighted by Gasteiger charge is 2.20. The molecule has 1 aromatic heterocycles. The molecule has 2 rings (SSSR count). The maximum absolute atomic E-state index is 11.0. The molecule has 19 heavy (non-hydrogen) atoms. The van der Waals surface area contributed by atoms with Crippen LogP contribution in [0.2, 0.25) is 0 Å². The summed E-state index contributed by atoms with van der Waals surface area (Å²) in [6.07, 6.45) is 4.96. The van der Waals surface area contributed by atoms with Gasteiger partial charge in [-0.25, -0.2) is 4.79 Å². The molecule has 0 unspecified atom stereocenters. The molecule has 1 heterocycles. The molecule has 6 nitrogen and oxygen atoms in total. The predicted octanol–water partition coefficient (Wildman–Crippen LogP) is 1.02. The fraction of sp³-hybridized carbons (Fsp3) is 0.692. The minimum atomic E-state index is -0.933. The van der Waals surface area contributed by atoms with Crippen molar-refractivity contribution in [3.05, 3.63) is 17.5 Å². The van der Waals surface area contributed by atoms with Crippen LogP contribution in [0.5, 0.6) is 0 Å². The molecular formula is C13H21N3O3. The quantitative estimate of drug-likeness (QED) is 0.653. The van der Waals surface area contributed by atoms with Gasteiger partial charge < -0.3 is 15.2 Å². The summed E-state index contributed by atoms with van der Waals surface area (Å²) in [6, 6.07) is 0. The van der Waals surface area contributed by atoms with Gasteiger partial charge in [-0.05, 0) is 31.7 Å². The van der Waals surface area contributed by atoms with Gasteiger partial charge >= 0.3 is 5.97 Å². The van der Waals surface area contributed by atoms with E-state index in [1.54, 1.807) is 11.7 Å². The van der Waals surface area contributed by atoms with Crippen molar-refractivity contribution >= 4 is 5.97 Å². The highest BCUT2D eigenvalue weighted by molar-refractivity contribution is 5.88. The smallest absolute Gasteiger partial charge is 0.339 e. The lowest BCUT2D eigenvalue weighted by Crippen LogP contribution is -2.20. The van der Waals surface area contributed by atoms with Gasteiger partial charge in [-0.2, -0.15) is 5.10 Å². The molecule has 0 amide bonds. The van der Waals surface area contributed by atoms with Gasteiger partial charge in [-0.3, -0.25) is 4.68 Å². The number of rotatable bonds is 9. The monoisotopic (exact) mass is 267 g/mol. The molecule has 0 aromatic carbocycles. The lowest BCUT2D eigenvalue weighted by molar-refractivity contribution is 0.0695. The van der Waals surface area contributed by atoms with Crippen LogP contribution < -0.4 is 5.32 Å². The summed E-state index contributed by atoms with van der Waals surface area (Å²) in [6.45, 7) is 2.99. The third-order valence-corrected chi connectivity index (χ3v) is 3.28. The van der Waals surface area contributed by atoms with Gasteiger partial charge in [0.05, 0.1) is 11.9 Å². The van der Waals surface area contributed by atoms with Crippen molar-refractivity contribution in [1.29, 1.82) is 0 Å². The second-order valence-corrected chi connectivity index (χ2v) is 4.98. The topological polar surface area (TPSA) is 76.4 Å². The Kier molecular flexibility index (Phi) is 4.93. The SMILES string of the molecule is Cn1ncc(C(=O)O)c1CNCCCOCC1CC1. The summed E-state index contributed by atoms with van der Waals surface area (Å²) < 4.78 is 7.13. The van der Waals surface area contributed by atoms with Crippen molar-refractivity contribution in [2.45, 2.75) is 25.8 Å². The zero-order chi connectivity index (χ0) is 13.7. The normalized spacial score (nSPS) is 14.8. The maximum Gasteiger partial charge on any atom is 0.339 e. The van der Waals surface area contributed by atoms with Gasteiger partial charge in [0.15, 0.2) is 0 Å². The second kappa shape index (κ2) is 6.68. The van der Waals surface area contributed by atoms with E-state index in [4.69, 9.17) is 9.84 Å². The van der Waals surface area contributed by atoms with Crippen molar-refractivity contribution in [3.8, 4) is 0 Å². The van der Waals surface area contributed by atoms with Crippen LogP contribution in [-0.4, -0.2) is 40.6 Å². The van der Waals surface area contributed by atoms with Crippen LogP contribution in [0.4, 0.5) is 0 Å². The number of ether oxygens (including phenoxy) is 1. The van der Waals surface area contributed by atoms with E-state index in [0.717, 1.165) is 32.1 Å². The van der Waals surface area contributed by atoms with Gasteiger partial charge in [0.2, 0.25) is 0 Å². The van der Waals surface area contributed by atoms with Crippen molar-refractivity contribution in [3.63, 3.8) is 0 Å². The highest BCUT2D eigenvalue weighted by Crippen LogP contribution is 2.28. The van der Waals surface area contributed by atoms with Gasteiger partial charge in [0, 0.05) is 26.8 Å². The number of carboxylic acid groups (broad SMARTS) is 1. The van der Waals surface area contributed by atoms with E-state index in [9.17, 15) is 4.79 Å². The molecule has 1 aliphatic carbocycles. The third-order valence-electron chi connectivity index (χ3n) is 3.28. The molecule has 1 aliphatic rings. The van der Waals surface area contributed by atoms with E-state index in [1.807, 2.05) is 0 Å². The van der Waals surface area contributed by atoms with E-state index < -0.39 is 5.97 Å². The number of aromatic carboxylic acids is 1. The first-order chi connectivity index (χ1) is 9.18. The first kappa shape index (κ1) is 14.0. The Morgan fingerprint density at radius 2 is 2.42 bits per heavy atom. The molecule has 0 atom stereocenters. The van der Waals surface area contributed by atoms with Crippen LogP contribution in [0.25, 0.3) is 0 Å².